The van der Waals surface area contributed by atoms with Crippen molar-refractivity contribution in [1.82, 2.24) is 4.90 Å². The molecule has 0 aliphatic carbocycles. The number of hydrogen-bond donors (Lipinski definition) is 1. The summed E-state index contributed by atoms with van der Waals surface area (Å²) >= 11 is 6.16. The maximum Gasteiger partial charge on any atom is 0.255 e. The number of carbonyl (C=O) groups is 1. The Bertz CT molecular complexity index is 1200. The second-order valence-corrected chi connectivity index (χ2v) is 8.29. The van der Waals surface area contributed by atoms with E-state index in [1.54, 1.807) is 0 Å². The second kappa shape index (κ2) is 8.58. The number of carbonyl (C=O) groups excluding carboxylic acids is 1. The summed E-state index contributed by atoms with van der Waals surface area (Å²) in [6.07, 6.45) is 2.30. The molecule has 0 saturated carbocycles. The normalized spacial score (nSPS) is 15.3. The molecule has 1 aromatic heterocycles. The Kier molecular flexibility index (Phi) is 5.49. The summed E-state index contributed by atoms with van der Waals surface area (Å²) in [6.45, 7) is 1.97. The van der Waals surface area contributed by atoms with Gasteiger partial charge in [0.2, 0.25) is 0 Å². The molecule has 1 aliphatic rings. The smallest absolute Gasteiger partial charge is 0.255 e. The Labute approximate surface area is 186 Å². The number of hydrogen-bond acceptors (Lipinski definition) is 3. The van der Waals surface area contributed by atoms with Crippen molar-refractivity contribution in [3.63, 3.8) is 0 Å². The molecule has 156 valence electrons. The molecule has 0 spiro atoms. The van der Waals surface area contributed by atoms with Crippen LogP contribution in [0.15, 0.2) is 83.3 Å². The lowest BCUT2D eigenvalue weighted by Crippen LogP contribution is -2.27. The first kappa shape index (κ1) is 19.9. The SMILES string of the molecule is O=C(Nc1c([C@H](c2ccc(Cl)cc2)N2CCCC2)oc2ccccc12)c1ccccc1. The summed E-state index contributed by atoms with van der Waals surface area (Å²) in [7, 11) is 0. The third-order valence-electron chi connectivity index (χ3n) is 5.84. The summed E-state index contributed by atoms with van der Waals surface area (Å²) in [5, 5.41) is 4.75. The molecule has 1 N–H and O–H groups in total. The summed E-state index contributed by atoms with van der Waals surface area (Å²) in [4.78, 5) is 15.5. The number of nitrogens with one attached hydrogen (secondary N) is 1. The van der Waals surface area contributed by atoms with Crippen LogP contribution in [-0.2, 0) is 0 Å². The zero-order valence-electron chi connectivity index (χ0n) is 17.1. The van der Waals surface area contributed by atoms with Gasteiger partial charge in [0, 0.05) is 16.0 Å². The highest BCUT2D eigenvalue weighted by Crippen LogP contribution is 2.41. The molecule has 1 aliphatic heterocycles. The topological polar surface area (TPSA) is 45.5 Å². The molecule has 5 heteroatoms. The maximum absolute atomic E-state index is 13.0. The first-order valence-corrected chi connectivity index (χ1v) is 11.0. The monoisotopic (exact) mass is 430 g/mol. The van der Waals surface area contributed by atoms with Gasteiger partial charge < -0.3 is 9.73 Å². The summed E-state index contributed by atoms with van der Waals surface area (Å²) in [5.41, 5.74) is 3.21. The van der Waals surface area contributed by atoms with Crippen LogP contribution in [0.1, 0.15) is 40.6 Å². The van der Waals surface area contributed by atoms with E-state index in [0.29, 0.717) is 10.6 Å². The predicted molar refractivity (Wildman–Crippen MR) is 125 cm³/mol. The summed E-state index contributed by atoms with van der Waals surface area (Å²) in [5.74, 6) is 0.611. The Morgan fingerprint density at radius 1 is 0.903 bits per heavy atom. The number of fused-ring (bicyclic) bond motifs is 1. The maximum atomic E-state index is 13.0. The number of amides is 1. The van der Waals surface area contributed by atoms with Gasteiger partial charge in [-0.2, -0.15) is 0 Å². The van der Waals surface area contributed by atoms with Crippen LogP contribution in [0.25, 0.3) is 11.0 Å². The fraction of sp³-hybridized carbons (Fsp3) is 0.192. The Morgan fingerprint density at radius 2 is 1.58 bits per heavy atom. The molecule has 31 heavy (non-hydrogen) atoms. The quantitative estimate of drug-likeness (QED) is 0.391. The van der Waals surface area contributed by atoms with Crippen molar-refractivity contribution in [3.8, 4) is 0 Å². The third kappa shape index (κ3) is 3.97. The standard InChI is InChI=1S/C26H23ClN2O2/c27-20-14-12-18(13-15-20)24(29-16-6-7-17-29)25-23(21-10-4-5-11-22(21)31-25)28-26(30)19-8-2-1-3-9-19/h1-5,8-15,24H,6-7,16-17H2,(H,28,30)/t24-/m0/s1. The van der Waals surface area contributed by atoms with Crippen LogP contribution in [0.5, 0.6) is 0 Å². The molecular weight excluding hydrogens is 408 g/mol. The fourth-order valence-corrected chi connectivity index (χ4v) is 4.46. The highest BCUT2D eigenvalue weighted by atomic mass is 35.5. The predicted octanol–water partition coefficient (Wildman–Crippen LogP) is 6.52. The average Bonchev–Trinajstić information content (AvgIpc) is 3.45. The van der Waals surface area contributed by atoms with Crippen molar-refractivity contribution in [2.45, 2.75) is 18.9 Å². The molecule has 5 rings (SSSR count). The number of likely N-dealkylation sites (tertiary alicyclic amines) is 1. The highest BCUT2D eigenvalue weighted by molar-refractivity contribution is 6.30. The van der Waals surface area contributed by atoms with Gasteiger partial charge in [-0.05, 0) is 67.9 Å². The molecule has 0 bridgehead atoms. The van der Waals surface area contributed by atoms with Gasteiger partial charge in [0.15, 0.2) is 0 Å². The van der Waals surface area contributed by atoms with E-state index in [4.69, 9.17) is 16.0 Å². The van der Waals surface area contributed by atoms with Crippen LogP contribution in [0.4, 0.5) is 5.69 Å². The van der Waals surface area contributed by atoms with Crippen molar-refractivity contribution < 1.29 is 9.21 Å². The van der Waals surface area contributed by atoms with Crippen molar-refractivity contribution in [1.29, 1.82) is 0 Å². The van der Waals surface area contributed by atoms with Crippen LogP contribution in [0.2, 0.25) is 5.02 Å². The zero-order chi connectivity index (χ0) is 21.2. The van der Waals surface area contributed by atoms with Crippen LogP contribution in [0.3, 0.4) is 0 Å². The van der Waals surface area contributed by atoms with Gasteiger partial charge in [-0.25, -0.2) is 0 Å². The molecule has 4 aromatic rings. The number of nitrogens with zero attached hydrogens (tertiary/aromatic N) is 1. The van der Waals surface area contributed by atoms with Crippen LogP contribution in [-0.4, -0.2) is 23.9 Å². The van der Waals surface area contributed by atoms with Crippen molar-refractivity contribution in [3.05, 3.63) is 101 Å². The molecule has 1 atom stereocenters. The van der Waals surface area contributed by atoms with E-state index in [1.165, 1.54) is 0 Å². The van der Waals surface area contributed by atoms with Gasteiger partial charge in [0.1, 0.15) is 11.3 Å². The third-order valence-corrected chi connectivity index (χ3v) is 6.09. The highest BCUT2D eigenvalue weighted by Gasteiger charge is 2.32. The number of anilines is 1. The number of rotatable bonds is 5. The van der Waals surface area contributed by atoms with Crippen molar-refractivity contribution in [2.24, 2.45) is 0 Å². The van der Waals surface area contributed by atoms with Gasteiger partial charge >= 0.3 is 0 Å². The van der Waals surface area contributed by atoms with Crippen LogP contribution in [0, 0.1) is 0 Å². The van der Waals surface area contributed by atoms with Crippen LogP contribution >= 0.6 is 11.6 Å². The van der Waals surface area contributed by atoms with Gasteiger partial charge in [0.05, 0.1) is 11.7 Å². The Balaban J connectivity index is 1.64. The first-order chi connectivity index (χ1) is 15.2. The Hall–Kier alpha value is -3.08. The fourth-order valence-electron chi connectivity index (χ4n) is 4.33. The minimum Gasteiger partial charge on any atom is -0.457 e. The second-order valence-electron chi connectivity index (χ2n) is 7.85. The zero-order valence-corrected chi connectivity index (χ0v) is 17.8. The van der Waals surface area contributed by atoms with Crippen molar-refractivity contribution >= 4 is 34.2 Å². The van der Waals surface area contributed by atoms with Gasteiger partial charge in [0.25, 0.3) is 5.91 Å². The summed E-state index contributed by atoms with van der Waals surface area (Å²) < 4.78 is 6.41. The average molecular weight is 431 g/mol. The summed E-state index contributed by atoms with van der Waals surface area (Å²) in [6, 6.07) is 24.9. The number of halogens is 1. The largest absolute Gasteiger partial charge is 0.457 e. The molecule has 0 unspecified atom stereocenters. The molecular formula is C26H23ClN2O2. The van der Waals surface area contributed by atoms with E-state index < -0.39 is 0 Å². The minimum absolute atomic E-state index is 0.0989. The minimum atomic E-state index is -0.148. The first-order valence-electron chi connectivity index (χ1n) is 10.6. The molecule has 4 nitrogen and oxygen atoms in total. The van der Waals surface area contributed by atoms with E-state index in [0.717, 1.165) is 53.9 Å². The number of para-hydroxylation sites is 1. The lowest BCUT2D eigenvalue weighted by atomic mass is 10.0. The van der Waals surface area contributed by atoms with Crippen LogP contribution < -0.4 is 5.32 Å². The van der Waals surface area contributed by atoms with Crippen molar-refractivity contribution in [2.75, 3.05) is 18.4 Å². The van der Waals surface area contributed by atoms with Gasteiger partial charge in [-0.3, -0.25) is 9.69 Å². The molecule has 1 saturated heterocycles. The Morgan fingerprint density at radius 3 is 2.32 bits per heavy atom. The van der Waals surface area contributed by atoms with Gasteiger partial charge in [-0.1, -0.05) is 54.1 Å². The molecule has 1 amide bonds. The van der Waals surface area contributed by atoms with E-state index in [-0.39, 0.29) is 11.9 Å². The van der Waals surface area contributed by atoms with E-state index >= 15 is 0 Å². The van der Waals surface area contributed by atoms with E-state index in [1.807, 2.05) is 78.9 Å². The van der Waals surface area contributed by atoms with E-state index in [9.17, 15) is 4.79 Å². The molecule has 1 fully saturated rings. The molecule has 3 aromatic carbocycles. The molecule has 0 radical (unpaired) electrons. The lowest BCUT2D eigenvalue weighted by molar-refractivity contribution is 0.102. The number of furan rings is 1. The molecule has 2 heterocycles. The number of benzene rings is 3. The lowest BCUT2D eigenvalue weighted by Gasteiger charge is -2.27. The van der Waals surface area contributed by atoms with E-state index in [2.05, 4.69) is 10.2 Å². The van der Waals surface area contributed by atoms with Gasteiger partial charge in [-0.15, -0.1) is 0 Å².